The minimum Gasteiger partial charge on any atom is -0.493 e. The molecule has 1 fully saturated rings. The van der Waals surface area contributed by atoms with Crippen LogP contribution >= 0.6 is 0 Å². The Morgan fingerprint density at radius 1 is 0.971 bits per heavy atom. The molecule has 1 N–H and O–H groups in total. The Bertz CT molecular complexity index is 1210. The molecule has 0 unspecified atom stereocenters. The fraction of sp³-hybridized carbons (Fsp3) is 0.222. The van der Waals surface area contributed by atoms with Crippen LogP contribution in [0.1, 0.15) is 12.0 Å². The van der Waals surface area contributed by atoms with Gasteiger partial charge in [-0.1, -0.05) is 29.8 Å². The normalized spacial score (nSPS) is 15.0. The smallest absolute Gasteiger partial charge is 0.311 e. The van der Waals surface area contributed by atoms with E-state index < -0.39 is 24.4 Å². The number of aryl methyl sites for hydroxylation is 1. The fourth-order valence-corrected chi connectivity index (χ4v) is 3.73. The maximum Gasteiger partial charge on any atom is 0.311 e. The van der Waals surface area contributed by atoms with Gasteiger partial charge in [0.25, 0.3) is 5.91 Å². The molecule has 35 heavy (non-hydrogen) atoms. The highest BCUT2D eigenvalue weighted by atomic mass is 16.5. The topological polar surface area (TPSA) is 94.2 Å². The van der Waals surface area contributed by atoms with E-state index in [9.17, 15) is 14.4 Å². The monoisotopic (exact) mass is 474 g/mol. The van der Waals surface area contributed by atoms with Crippen LogP contribution in [0.25, 0.3) is 0 Å². The second kappa shape index (κ2) is 10.7. The highest BCUT2D eigenvalue weighted by molar-refractivity contribution is 6.00. The molecule has 3 aromatic rings. The van der Waals surface area contributed by atoms with Crippen molar-refractivity contribution in [3.05, 3.63) is 78.4 Å². The molecule has 0 aliphatic carbocycles. The zero-order valence-corrected chi connectivity index (χ0v) is 19.5. The Kier molecular flexibility index (Phi) is 7.30. The van der Waals surface area contributed by atoms with Gasteiger partial charge in [0.2, 0.25) is 5.91 Å². The molecule has 3 aromatic carbocycles. The summed E-state index contributed by atoms with van der Waals surface area (Å²) in [6, 6.07) is 21.6. The summed E-state index contributed by atoms with van der Waals surface area (Å²) in [5.74, 6) is -0.0615. The molecule has 180 valence electrons. The van der Waals surface area contributed by atoms with E-state index in [1.807, 2.05) is 31.2 Å². The maximum atomic E-state index is 12.5. The quantitative estimate of drug-likeness (QED) is 0.489. The molecule has 4 rings (SSSR count). The van der Waals surface area contributed by atoms with Crippen LogP contribution in [0, 0.1) is 12.8 Å². The summed E-state index contributed by atoms with van der Waals surface area (Å²) in [6.45, 7) is 1.72. The van der Waals surface area contributed by atoms with Crippen molar-refractivity contribution in [1.82, 2.24) is 0 Å². The first-order valence-electron chi connectivity index (χ1n) is 11.2. The van der Waals surface area contributed by atoms with E-state index in [1.54, 1.807) is 55.6 Å². The molecule has 1 atom stereocenters. The second-order valence-corrected chi connectivity index (χ2v) is 8.17. The lowest BCUT2D eigenvalue weighted by Crippen LogP contribution is -2.28. The summed E-state index contributed by atoms with van der Waals surface area (Å²) in [7, 11) is 1.57. The molecule has 8 nitrogen and oxygen atoms in total. The average Bonchev–Trinajstić information content (AvgIpc) is 3.26. The molecule has 1 aliphatic rings. The first-order valence-corrected chi connectivity index (χ1v) is 11.2. The van der Waals surface area contributed by atoms with Crippen molar-refractivity contribution in [3.8, 4) is 17.2 Å². The Hall–Kier alpha value is -4.33. The Balaban J connectivity index is 1.30. The third-order valence-corrected chi connectivity index (χ3v) is 5.58. The number of nitrogens with one attached hydrogen (secondary N) is 1. The van der Waals surface area contributed by atoms with Crippen molar-refractivity contribution in [3.63, 3.8) is 0 Å². The summed E-state index contributed by atoms with van der Waals surface area (Å²) in [6.07, 6.45) is 0.0257. The van der Waals surface area contributed by atoms with Crippen molar-refractivity contribution in [2.75, 3.05) is 30.5 Å². The Morgan fingerprint density at radius 2 is 1.66 bits per heavy atom. The maximum absolute atomic E-state index is 12.5. The number of methoxy groups -OCH3 is 1. The van der Waals surface area contributed by atoms with Gasteiger partial charge in [0.05, 0.1) is 13.0 Å². The van der Waals surface area contributed by atoms with Crippen molar-refractivity contribution in [1.29, 1.82) is 0 Å². The van der Waals surface area contributed by atoms with Crippen LogP contribution in [0.5, 0.6) is 17.2 Å². The number of hydrogen-bond acceptors (Lipinski definition) is 6. The van der Waals surface area contributed by atoms with Gasteiger partial charge in [-0.25, -0.2) is 0 Å². The lowest BCUT2D eigenvalue weighted by Gasteiger charge is -2.17. The van der Waals surface area contributed by atoms with Gasteiger partial charge in [0.1, 0.15) is 5.75 Å². The van der Waals surface area contributed by atoms with E-state index >= 15 is 0 Å². The number of amides is 2. The Labute approximate surface area is 203 Å². The number of esters is 1. The molecule has 8 heteroatoms. The molecule has 0 saturated carbocycles. The second-order valence-electron chi connectivity index (χ2n) is 8.17. The first-order chi connectivity index (χ1) is 16.9. The van der Waals surface area contributed by atoms with Gasteiger partial charge in [-0.15, -0.1) is 0 Å². The summed E-state index contributed by atoms with van der Waals surface area (Å²) < 4.78 is 16.3. The number of anilines is 2. The minimum absolute atomic E-state index is 0.0257. The molecular formula is C27H26N2O6. The van der Waals surface area contributed by atoms with Crippen LogP contribution < -0.4 is 19.7 Å². The van der Waals surface area contributed by atoms with Gasteiger partial charge in [-0.2, -0.15) is 0 Å². The van der Waals surface area contributed by atoms with E-state index in [2.05, 4.69) is 5.32 Å². The van der Waals surface area contributed by atoms with Crippen LogP contribution in [0.2, 0.25) is 0 Å². The van der Waals surface area contributed by atoms with E-state index in [4.69, 9.17) is 14.2 Å². The van der Waals surface area contributed by atoms with Crippen LogP contribution in [0.4, 0.5) is 11.4 Å². The summed E-state index contributed by atoms with van der Waals surface area (Å²) in [5.41, 5.74) is 2.34. The lowest BCUT2D eigenvalue weighted by molar-refractivity contribution is -0.151. The molecule has 1 aliphatic heterocycles. The molecule has 2 amide bonds. The van der Waals surface area contributed by atoms with Gasteiger partial charge >= 0.3 is 5.97 Å². The SMILES string of the molecule is COc1ccccc1Oc1ccc(N2C[C@H](C(=O)OCC(=O)Nc3ccc(C)cc3)CC2=O)cc1. The van der Waals surface area contributed by atoms with Gasteiger partial charge in [0, 0.05) is 24.3 Å². The number of nitrogens with zero attached hydrogens (tertiary/aromatic N) is 1. The van der Waals surface area contributed by atoms with E-state index in [1.165, 1.54) is 4.90 Å². The molecule has 0 aromatic heterocycles. The van der Waals surface area contributed by atoms with E-state index in [-0.39, 0.29) is 18.9 Å². The summed E-state index contributed by atoms with van der Waals surface area (Å²) in [4.78, 5) is 38.6. The molecule has 0 bridgehead atoms. The highest BCUT2D eigenvalue weighted by Crippen LogP contribution is 2.33. The number of carbonyl (C=O) groups excluding carboxylic acids is 3. The third-order valence-electron chi connectivity index (χ3n) is 5.58. The fourth-order valence-electron chi connectivity index (χ4n) is 3.73. The zero-order chi connectivity index (χ0) is 24.8. The molecule has 0 spiro atoms. The number of rotatable bonds is 8. The largest absolute Gasteiger partial charge is 0.493 e. The molecule has 1 saturated heterocycles. The van der Waals surface area contributed by atoms with Crippen LogP contribution in [-0.2, 0) is 19.1 Å². The summed E-state index contributed by atoms with van der Waals surface area (Å²) >= 11 is 0. The van der Waals surface area contributed by atoms with Crippen LogP contribution in [-0.4, -0.2) is 38.0 Å². The predicted octanol–water partition coefficient (Wildman–Crippen LogP) is 4.33. The number of ether oxygens (including phenoxy) is 3. The Morgan fingerprint density at radius 3 is 2.34 bits per heavy atom. The van der Waals surface area contributed by atoms with Crippen molar-refractivity contribution < 1.29 is 28.6 Å². The number of hydrogen-bond donors (Lipinski definition) is 1. The van der Waals surface area contributed by atoms with Crippen LogP contribution in [0.15, 0.2) is 72.8 Å². The van der Waals surface area contributed by atoms with Gasteiger partial charge in [-0.05, 0) is 55.5 Å². The van der Waals surface area contributed by atoms with E-state index in [0.29, 0.717) is 28.6 Å². The zero-order valence-electron chi connectivity index (χ0n) is 19.5. The standard InChI is InChI=1S/C27H26N2O6/c1-18-7-9-20(10-8-18)28-25(30)17-34-27(32)19-15-26(31)29(16-19)21-11-13-22(14-12-21)35-24-6-4-3-5-23(24)33-2/h3-14,19H,15-17H2,1-2H3,(H,28,30)/t19-/m1/s1. The van der Waals surface area contributed by atoms with Crippen molar-refractivity contribution in [2.24, 2.45) is 5.92 Å². The molecule has 1 heterocycles. The third kappa shape index (κ3) is 5.97. The predicted molar refractivity (Wildman–Crippen MR) is 131 cm³/mol. The lowest BCUT2D eigenvalue weighted by atomic mass is 10.1. The number of benzene rings is 3. The van der Waals surface area contributed by atoms with Crippen LogP contribution in [0.3, 0.4) is 0 Å². The van der Waals surface area contributed by atoms with Crippen molar-refractivity contribution >= 4 is 29.2 Å². The minimum atomic E-state index is -0.640. The first kappa shape index (κ1) is 23.8. The molecule has 0 radical (unpaired) electrons. The van der Waals surface area contributed by atoms with Gasteiger partial charge in [0.15, 0.2) is 18.1 Å². The highest BCUT2D eigenvalue weighted by Gasteiger charge is 2.36. The van der Waals surface area contributed by atoms with Gasteiger partial charge in [-0.3, -0.25) is 14.4 Å². The van der Waals surface area contributed by atoms with E-state index in [0.717, 1.165) is 5.56 Å². The average molecular weight is 475 g/mol. The number of carbonyl (C=O) groups is 3. The summed E-state index contributed by atoms with van der Waals surface area (Å²) in [5, 5.41) is 2.68. The molecular weight excluding hydrogens is 448 g/mol. The number of para-hydroxylation sites is 2. The van der Waals surface area contributed by atoms with Gasteiger partial charge < -0.3 is 24.4 Å². The van der Waals surface area contributed by atoms with Crippen molar-refractivity contribution in [2.45, 2.75) is 13.3 Å².